The highest BCUT2D eigenvalue weighted by Gasteiger charge is 2.53. The van der Waals surface area contributed by atoms with Crippen molar-refractivity contribution >= 4 is 17.1 Å². The number of rotatable bonds is 2. The van der Waals surface area contributed by atoms with Gasteiger partial charge in [-0.25, -0.2) is 4.98 Å². The maximum absolute atomic E-state index is 13.4. The predicted octanol–water partition coefficient (Wildman–Crippen LogP) is 4.07. The number of carbonyl (C=O) groups is 1. The van der Waals surface area contributed by atoms with Crippen LogP contribution in [0.4, 0.5) is 0 Å². The molecule has 2 aliphatic carbocycles. The minimum atomic E-state index is -0.325. The molecule has 0 radical (unpaired) electrons. The van der Waals surface area contributed by atoms with E-state index in [0.717, 1.165) is 38.0 Å². The molecule has 4 heteroatoms. The Bertz CT molecular complexity index is 878. The van der Waals surface area contributed by atoms with Gasteiger partial charge in [0.2, 0.25) is 0 Å². The van der Waals surface area contributed by atoms with Crippen molar-refractivity contribution in [2.24, 2.45) is 5.41 Å². The molecule has 1 unspecified atom stereocenters. The van der Waals surface area contributed by atoms with E-state index in [2.05, 4.69) is 36.2 Å². The van der Waals surface area contributed by atoms with E-state index < -0.39 is 0 Å². The van der Waals surface area contributed by atoms with Crippen LogP contribution in [0.15, 0.2) is 47.0 Å². The number of ketones is 1. The Morgan fingerprint density at radius 2 is 2.00 bits per heavy atom. The summed E-state index contributed by atoms with van der Waals surface area (Å²) in [7, 11) is 0. The quantitative estimate of drug-likeness (QED) is 0.819. The number of hydrogen-bond acceptors (Lipinski definition) is 4. The van der Waals surface area contributed by atoms with Gasteiger partial charge in [-0.15, -0.1) is 11.3 Å². The number of hydrogen-bond donors (Lipinski definition) is 0. The van der Waals surface area contributed by atoms with E-state index in [9.17, 15) is 4.79 Å². The van der Waals surface area contributed by atoms with Crippen molar-refractivity contribution in [3.05, 3.63) is 63.1 Å². The zero-order chi connectivity index (χ0) is 17.1. The summed E-state index contributed by atoms with van der Waals surface area (Å²) < 4.78 is 5.47. The highest BCUT2D eigenvalue weighted by Crippen LogP contribution is 2.56. The molecule has 25 heavy (non-hydrogen) atoms. The molecule has 0 saturated carbocycles. The molecule has 128 valence electrons. The molecule has 3 aliphatic rings. The van der Waals surface area contributed by atoms with Crippen molar-refractivity contribution in [2.45, 2.75) is 38.0 Å². The van der Waals surface area contributed by atoms with Gasteiger partial charge in [0.15, 0.2) is 5.78 Å². The summed E-state index contributed by atoms with van der Waals surface area (Å²) in [5, 5.41) is 0. The Balaban J connectivity index is 1.77. The molecular weight excluding hydrogens is 330 g/mol. The third-order valence-electron chi connectivity index (χ3n) is 6.21. The maximum atomic E-state index is 13.4. The normalized spacial score (nSPS) is 27.0. The molecule has 0 bridgehead atoms. The van der Waals surface area contributed by atoms with Gasteiger partial charge in [0.05, 0.1) is 29.8 Å². The molecule has 0 amide bonds. The number of carbonyl (C=O) groups excluding carboxylic acids is 1. The number of thiazole rings is 1. The molecule has 1 spiro atoms. The highest BCUT2D eigenvalue weighted by molar-refractivity contribution is 7.10. The summed E-state index contributed by atoms with van der Waals surface area (Å²) in [6.45, 7) is 3.66. The first-order valence-corrected chi connectivity index (χ1v) is 9.88. The average molecular weight is 351 g/mol. The molecular formula is C21H21NO2S. The van der Waals surface area contributed by atoms with Crippen molar-refractivity contribution in [3.63, 3.8) is 0 Å². The average Bonchev–Trinajstić information content (AvgIpc) is 3.07. The highest BCUT2D eigenvalue weighted by atomic mass is 32.1. The largest absolute Gasteiger partial charge is 0.380 e. The van der Waals surface area contributed by atoms with Gasteiger partial charge in [0.25, 0.3) is 0 Å². The Hall–Kier alpha value is -1.78. The molecule has 1 aliphatic heterocycles. The van der Waals surface area contributed by atoms with Gasteiger partial charge in [-0.1, -0.05) is 42.8 Å². The number of allylic oxidation sites excluding steroid dienone is 2. The van der Waals surface area contributed by atoms with Crippen LogP contribution in [0.1, 0.15) is 42.3 Å². The smallest absolute Gasteiger partial charge is 0.160 e. The number of Topliss-reactive ketones (excluding diaryl/α,β-unsaturated/α-hetero) is 1. The molecule has 1 atom stereocenters. The lowest BCUT2D eigenvalue weighted by Gasteiger charge is -2.49. The van der Waals surface area contributed by atoms with Crippen molar-refractivity contribution in [1.82, 2.24) is 4.98 Å². The van der Waals surface area contributed by atoms with Gasteiger partial charge < -0.3 is 4.74 Å². The van der Waals surface area contributed by atoms with Crippen LogP contribution in [0.3, 0.4) is 0 Å². The topological polar surface area (TPSA) is 39.2 Å². The minimum Gasteiger partial charge on any atom is -0.380 e. The first-order chi connectivity index (χ1) is 12.2. The monoisotopic (exact) mass is 351 g/mol. The number of nitrogens with zero attached hydrogens (tertiary/aromatic N) is 1. The Kier molecular flexibility index (Phi) is 3.32. The number of benzene rings is 1. The summed E-state index contributed by atoms with van der Waals surface area (Å²) in [4.78, 5) is 19.3. The second-order valence-electron chi connectivity index (χ2n) is 7.68. The van der Waals surface area contributed by atoms with Gasteiger partial charge in [-0.2, -0.15) is 0 Å². The standard InChI is InChI=1S/C21H21NO2S/c1-2-21(15-6-4-3-5-7-15)18-14(8-16-19(21)25-13-22-16)9-20(10-17(18)23)11-24-12-20/h3-7,13H,2,8-12H2,1H3. The van der Waals surface area contributed by atoms with Crippen LogP contribution >= 0.6 is 11.3 Å². The lowest BCUT2D eigenvalue weighted by atomic mass is 9.57. The number of fused-ring (bicyclic) bond motifs is 1. The zero-order valence-electron chi connectivity index (χ0n) is 14.4. The fourth-order valence-corrected chi connectivity index (χ4v) is 6.22. The van der Waals surface area contributed by atoms with Crippen molar-refractivity contribution in [1.29, 1.82) is 0 Å². The summed E-state index contributed by atoms with van der Waals surface area (Å²) >= 11 is 1.71. The minimum absolute atomic E-state index is 0.0552. The van der Waals surface area contributed by atoms with Crippen LogP contribution in [0.5, 0.6) is 0 Å². The van der Waals surface area contributed by atoms with Crippen molar-refractivity contribution < 1.29 is 9.53 Å². The molecule has 5 rings (SSSR count). The Labute approximate surface area is 151 Å². The molecule has 3 nitrogen and oxygen atoms in total. The van der Waals surface area contributed by atoms with E-state index in [-0.39, 0.29) is 10.8 Å². The zero-order valence-corrected chi connectivity index (χ0v) is 15.2. The Morgan fingerprint density at radius 1 is 1.20 bits per heavy atom. The van der Waals surface area contributed by atoms with E-state index >= 15 is 0 Å². The fraction of sp³-hybridized carbons (Fsp3) is 0.429. The first kappa shape index (κ1) is 15.5. The van der Waals surface area contributed by atoms with Crippen LogP contribution in [0.25, 0.3) is 0 Å². The number of aromatic nitrogens is 1. The van der Waals surface area contributed by atoms with Crippen LogP contribution in [-0.2, 0) is 21.4 Å². The van der Waals surface area contributed by atoms with Crippen molar-refractivity contribution in [3.8, 4) is 0 Å². The van der Waals surface area contributed by atoms with Crippen LogP contribution in [-0.4, -0.2) is 24.0 Å². The first-order valence-electron chi connectivity index (χ1n) is 9.00. The van der Waals surface area contributed by atoms with Crippen molar-refractivity contribution in [2.75, 3.05) is 13.2 Å². The third kappa shape index (κ3) is 2.01. The van der Waals surface area contributed by atoms with Crippen LogP contribution in [0, 0.1) is 5.41 Å². The van der Waals surface area contributed by atoms with Crippen LogP contribution in [0.2, 0.25) is 0 Å². The second kappa shape index (κ2) is 5.36. The van der Waals surface area contributed by atoms with E-state index in [4.69, 9.17) is 4.74 Å². The predicted molar refractivity (Wildman–Crippen MR) is 97.9 cm³/mol. The maximum Gasteiger partial charge on any atom is 0.160 e. The molecule has 2 heterocycles. The summed E-state index contributed by atoms with van der Waals surface area (Å²) in [5.41, 5.74) is 6.44. The molecule has 2 aromatic rings. The van der Waals surface area contributed by atoms with E-state index in [1.807, 2.05) is 11.6 Å². The fourth-order valence-electron chi connectivity index (χ4n) is 5.11. The third-order valence-corrected chi connectivity index (χ3v) is 7.24. The van der Waals surface area contributed by atoms with E-state index in [1.165, 1.54) is 21.7 Å². The summed E-state index contributed by atoms with van der Waals surface area (Å²) in [6.07, 6.45) is 3.34. The van der Waals surface area contributed by atoms with Gasteiger partial charge >= 0.3 is 0 Å². The molecule has 1 aromatic carbocycles. The molecule has 1 saturated heterocycles. The SMILES string of the molecule is CCC1(c2ccccc2)C2=C(Cc3ncsc31)CC1(COC1)CC2=O. The van der Waals surface area contributed by atoms with Gasteiger partial charge in [0, 0.05) is 28.7 Å². The van der Waals surface area contributed by atoms with E-state index in [0.29, 0.717) is 12.2 Å². The summed E-state index contributed by atoms with van der Waals surface area (Å²) in [6, 6.07) is 10.6. The van der Waals surface area contributed by atoms with Gasteiger partial charge in [-0.05, 0) is 18.4 Å². The van der Waals surface area contributed by atoms with Gasteiger partial charge in [0.1, 0.15) is 0 Å². The van der Waals surface area contributed by atoms with Crippen LogP contribution < -0.4 is 0 Å². The lowest BCUT2D eigenvalue weighted by molar-refractivity contribution is -0.142. The Morgan fingerprint density at radius 3 is 2.68 bits per heavy atom. The van der Waals surface area contributed by atoms with Gasteiger partial charge in [-0.3, -0.25) is 4.79 Å². The molecule has 1 aromatic heterocycles. The molecule has 1 fully saturated rings. The lowest BCUT2D eigenvalue weighted by Crippen LogP contribution is -2.50. The van der Waals surface area contributed by atoms with E-state index in [1.54, 1.807) is 11.3 Å². The summed E-state index contributed by atoms with van der Waals surface area (Å²) in [5.74, 6) is 0.328. The second-order valence-corrected chi connectivity index (χ2v) is 8.53. The number of ether oxygens (including phenoxy) is 1. The molecule has 0 N–H and O–H groups in total.